The first-order chi connectivity index (χ1) is 12.2. The Labute approximate surface area is 150 Å². The van der Waals surface area contributed by atoms with E-state index < -0.39 is 0 Å². The molecular formula is C22H27NO2. The van der Waals surface area contributed by atoms with E-state index in [0.717, 1.165) is 43.2 Å². The first-order valence-corrected chi connectivity index (χ1v) is 9.17. The van der Waals surface area contributed by atoms with Gasteiger partial charge in [0, 0.05) is 12.0 Å². The number of phenols is 1. The van der Waals surface area contributed by atoms with E-state index in [0.29, 0.717) is 12.2 Å². The summed E-state index contributed by atoms with van der Waals surface area (Å²) in [7, 11) is 2.20. The second-order valence-electron chi connectivity index (χ2n) is 7.07. The van der Waals surface area contributed by atoms with Crippen LogP contribution < -0.4 is 0 Å². The minimum absolute atomic E-state index is 0.0693. The zero-order chi connectivity index (χ0) is 17.7. The Morgan fingerprint density at radius 1 is 1.08 bits per heavy atom. The summed E-state index contributed by atoms with van der Waals surface area (Å²) in [4.78, 5) is 13.6. The van der Waals surface area contributed by atoms with Gasteiger partial charge in [0.2, 0.25) is 0 Å². The van der Waals surface area contributed by atoms with Crippen molar-refractivity contribution < 1.29 is 9.90 Å². The first-order valence-electron chi connectivity index (χ1n) is 9.17. The van der Waals surface area contributed by atoms with Gasteiger partial charge in [-0.05, 0) is 68.5 Å². The highest BCUT2D eigenvalue weighted by molar-refractivity contribution is 5.57. The van der Waals surface area contributed by atoms with E-state index >= 15 is 0 Å². The van der Waals surface area contributed by atoms with Crippen LogP contribution in [0.4, 0.5) is 0 Å². The number of benzene rings is 2. The molecule has 1 aliphatic rings. The van der Waals surface area contributed by atoms with Gasteiger partial charge in [0.05, 0.1) is 0 Å². The van der Waals surface area contributed by atoms with E-state index in [1.807, 2.05) is 24.3 Å². The average molecular weight is 337 g/mol. The summed E-state index contributed by atoms with van der Waals surface area (Å²) in [5.74, 6) is 0.372. The zero-order valence-corrected chi connectivity index (χ0v) is 14.9. The minimum Gasteiger partial charge on any atom is -0.508 e. The fourth-order valence-electron chi connectivity index (χ4n) is 4.27. The highest BCUT2D eigenvalue weighted by atomic mass is 16.3. The predicted octanol–water partition coefficient (Wildman–Crippen LogP) is 4.08. The van der Waals surface area contributed by atoms with Gasteiger partial charge in [-0.15, -0.1) is 0 Å². The van der Waals surface area contributed by atoms with Crippen LogP contribution in [0.15, 0.2) is 48.5 Å². The molecule has 1 aliphatic heterocycles. The molecule has 1 N–H and O–H groups in total. The van der Waals surface area contributed by atoms with E-state index in [-0.39, 0.29) is 5.54 Å². The standard InChI is InChI=1S/C22H27NO2/c1-23-16-7-6-14-22(23,15-12-19-9-3-5-11-21(19)25)20-10-4-2-8-18(20)13-17-24/h2-5,8-11,17,25H,6-7,12-16H2,1H3. The Morgan fingerprint density at radius 3 is 2.52 bits per heavy atom. The summed E-state index contributed by atoms with van der Waals surface area (Å²) in [5, 5.41) is 10.1. The van der Waals surface area contributed by atoms with Crippen molar-refractivity contribution in [3.8, 4) is 5.75 Å². The molecule has 0 radical (unpaired) electrons. The van der Waals surface area contributed by atoms with E-state index in [9.17, 15) is 9.90 Å². The number of aromatic hydroxyl groups is 1. The van der Waals surface area contributed by atoms with Crippen molar-refractivity contribution in [2.75, 3.05) is 13.6 Å². The van der Waals surface area contributed by atoms with Crippen LogP contribution >= 0.6 is 0 Å². The van der Waals surface area contributed by atoms with E-state index in [1.165, 1.54) is 18.4 Å². The van der Waals surface area contributed by atoms with Crippen molar-refractivity contribution in [1.29, 1.82) is 0 Å². The van der Waals surface area contributed by atoms with Gasteiger partial charge in [-0.1, -0.05) is 42.5 Å². The molecule has 0 amide bonds. The Kier molecular flexibility index (Phi) is 5.54. The van der Waals surface area contributed by atoms with E-state index in [1.54, 1.807) is 6.07 Å². The first kappa shape index (κ1) is 17.7. The van der Waals surface area contributed by atoms with Crippen LogP contribution in [0.5, 0.6) is 5.75 Å². The third kappa shape index (κ3) is 3.62. The molecule has 1 saturated heterocycles. The van der Waals surface area contributed by atoms with Crippen LogP contribution in [0, 0.1) is 0 Å². The number of para-hydroxylation sites is 1. The van der Waals surface area contributed by atoms with Crippen LogP contribution in [-0.2, 0) is 23.2 Å². The van der Waals surface area contributed by atoms with Crippen molar-refractivity contribution in [2.24, 2.45) is 0 Å². The van der Waals surface area contributed by atoms with Crippen molar-refractivity contribution in [2.45, 2.75) is 44.1 Å². The van der Waals surface area contributed by atoms with Gasteiger partial charge in [0.15, 0.2) is 0 Å². The summed E-state index contributed by atoms with van der Waals surface area (Å²) in [6.45, 7) is 1.07. The fourth-order valence-corrected chi connectivity index (χ4v) is 4.27. The number of carbonyl (C=O) groups is 1. The van der Waals surface area contributed by atoms with Crippen molar-refractivity contribution in [1.82, 2.24) is 4.90 Å². The molecule has 1 atom stereocenters. The quantitative estimate of drug-likeness (QED) is 0.808. The molecule has 0 bridgehead atoms. The Morgan fingerprint density at radius 2 is 1.80 bits per heavy atom. The topological polar surface area (TPSA) is 40.5 Å². The SMILES string of the molecule is CN1CCCCC1(CCc1ccccc1O)c1ccccc1CC=O. The molecule has 2 aromatic rings. The molecule has 1 fully saturated rings. The summed E-state index contributed by atoms with van der Waals surface area (Å²) in [6, 6.07) is 16.0. The maximum absolute atomic E-state index is 11.2. The number of likely N-dealkylation sites (tertiary alicyclic amines) is 1. The van der Waals surface area contributed by atoms with Crippen LogP contribution in [0.1, 0.15) is 42.4 Å². The van der Waals surface area contributed by atoms with E-state index in [2.05, 4.69) is 30.1 Å². The number of carbonyl (C=O) groups excluding carboxylic acids is 1. The zero-order valence-electron chi connectivity index (χ0n) is 14.9. The third-order valence-corrected chi connectivity index (χ3v) is 5.69. The normalized spacial score (nSPS) is 21.2. The van der Waals surface area contributed by atoms with Crippen LogP contribution in [-0.4, -0.2) is 29.9 Å². The molecule has 1 heterocycles. The summed E-state index contributed by atoms with van der Waals surface area (Å²) < 4.78 is 0. The average Bonchev–Trinajstić information content (AvgIpc) is 2.63. The van der Waals surface area contributed by atoms with Gasteiger partial charge in [-0.25, -0.2) is 0 Å². The Hall–Kier alpha value is -2.13. The predicted molar refractivity (Wildman–Crippen MR) is 101 cm³/mol. The van der Waals surface area contributed by atoms with Crippen molar-refractivity contribution in [3.05, 3.63) is 65.2 Å². The molecule has 2 aromatic carbocycles. The Balaban J connectivity index is 1.97. The molecule has 0 aromatic heterocycles. The van der Waals surface area contributed by atoms with Gasteiger partial charge in [-0.3, -0.25) is 4.90 Å². The molecule has 0 spiro atoms. The molecule has 3 rings (SSSR count). The maximum atomic E-state index is 11.2. The number of piperidine rings is 1. The molecule has 3 heteroatoms. The van der Waals surface area contributed by atoms with Gasteiger partial charge in [-0.2, -0.15) is 0 Å². The lowest BCUT2D eigenvalue weighted by Crippen LogP contribution is -2.48. The molecule has 0 saturated carbocycles. The monoisotopic (exact) mass is 337 g/mol. The van der Waals surface area contributed by atoms with Crippen molar-refractivity contribution in [3.63, 3.8) is 0 Å². The number of phenolic OH excluding ortho intramolecular Hbond substituents is 1. The fraction of sp³-hybridized carbons (Fsp3) is 0.409. The lowest BCUT2D eigenvalue weighted by atomic mass is 9.74. The van der Waals surface area contributed by atoms with Crippen molar-refractivity contribution >= 4 is 6.29 Å². The number of hydrogen-bond acceptors (Lipinski definition) is 3. The third-order valence-electron chi connectivity index (χ3n) is 5.69. The highest BCUT2D eigenvalue weighted by Crippen LogP contribution is 2.42. The molecule has 3 nitrogen and oxygen atoms in total. The van der Waals surface area contributed by atoms with Gasteiger partial charge >= 0.3 is 0 Å². The van der Waals surface area contributed by atoms with Crippen LogP contribution in [0.3, 0.4) is 0 Å². The second kappa shape index (κ2) is 7.83. The summed E-state index contributed by atoms with van der Waals surface area (Å²) >= 11 is 0. The number of hydrogen-bond donors (Lipinski definition) is 1. The second-order valence-corrected chi connectivity index (χ2v) is 7.07. The van der Waals surface area contributed by atoms with Gasteiger partial charge in [0.25, 0.3) is 0 Å². The summed E-state index contributed by atoms with van der Waals surface area (Å²) in [5.41, 5.74) is 3.33. The van der Waals surface area contributed by atoms with Crippen LogP contribution in [0.2, 0.25) is 0 Å². The number of nitrogens with zero attached hydrogens (tertiary/aromatic N) is 1. The smallest absolute Gasteiger partial charge is 0.124 e. The van der Waals surface area contributed by atoms with Gasteiger partial charge in [0.1, 0.15) is 12.0 Å². The molecule has 0 aliphatic carbocycles. The number of aryl methyl sites for hydroxylation is 1. The minimum atomic E-state index is -0.0693. The summed E-state index contributed by atoms with van der Waals surface area (Å²) in [6.07, 6.45) is 6.72. The number of aldehydes is 1. The largest absolute Gasteiger partial charge is 0.508 e. The molecule has 25 heavy (non-hydrogen) atoms. The molecule has 132 valence electrons. The molecule has 1 unspecified atom stereocenters. The van der Waals surface area contributed by atoms with Gasteiger partial charge < -0.3 is 9.90 Å². The van der Waals surface area contributed by atoms with Crippen LogP contribution in [0.25, 0.3) is 0 Å². The molecular weight excluding hydrogens is 310 g/mol. The maximum Gasteiger partial charge on any atom is 0.124 e. The lowest BCUT2D eigenvalue weighted by molar-refractivity contribution is -0.107. The Bertz CT molecular complexity index is 727. The highest BCUT2D eigenvalue weighted by Gasteiger charge is 2.39. The number of rotatable bonds is 6. The lowest BCUT2D eigenvalue weighted by Gasteiger charge is -2.47. The van der Waals surface area contributed by atoms with E-state index in [4.69, 9.17) is 0 Å².